The standard InChI is InChI=1S/C15H27NO4/c1-11(2)9-12(3)20-8-6-14(17)16-7-4-5-13(10-16)15(18)19/h11-13H,4-10H2,1-3H3,(H,18,19). The van der Waals surface area contributed by atoms with E-state index in [-0.39, 0.29) is 12.0 Å². The fourth-order valence-electron chi connectivity index (χ4n) is 2.64. The summed E-state index contributed by atoms with van der Waals surface area (Å²) in [6, 6.07) is 0. The molecule has 20 heavy (non-hydrogen) atoms. The van der Waals surface area contributed by atoms with Crippen LogP contribution in [0.15, 0.2) is 0 Å². The summed E-state index contributed by atoms with van der Waals surface area (Å²) in [5, 5.41) is 9.01. The Balaban J connectivity index is 2.27. The van der Waals surface area contributed by atoms with E-state index < -0.39 is 11.9 Å². The highest BCUT2D eigenvalue weighted by Gasteiger charge is 2.27. The van der Waals surface area contributed by atoms with E-state index in [1.165, 1.54) is 0 Å². The number of hydrogen-bond donors (Lipinski definition) is 1. The van der Waals surface area contributed by atoms with Crippen molar-refractivity contribution in [1.29, 1.82) is 0 Å². The predicted octanol–water partition coefficient (Wildman–Crippen LogP) is 2.15. The van der Waals surface area contributed by atoms with Crippen molar-refractivity contribution < 1.29 is 19.4 Å². The van der Waals surface area contributed by atoms with Gasteiger partial charge >= 0.3 is 5.97 Å². The molecule has 1 aliphatic heterocycles. The third-order valence-corrected chi connectivity index (χ3v) is 3.64. The average molecular weight is 285 g/mol. The number of carbonyl (C=O) groups excluding carboxylic acids is 1. The number of rotatable bonds is 7. The highest BCUT2D eigenvalue weighted by molar-refractivity contribution is 5.78. The summed E-state index contributed by atoms with van der Waals surface area (Å²) < 4.78 is 5.62. The molecule has 0 bridgehead atoms. The van der Waals surface area contributed by atoms with Gasteiger partial charge in [-0.25, -0.2) is 0 Å². The number of carboxylic acid groups (broad SMARTS) is 1. The number of likely N-dealkylation sites (tertiary alicyclic amines) is 1. The van der Waals surface area contributed by atoms with E-state index in [2.05, 4.69) is 13.8 Å². The van der Waals surface area contributed by atoms with Crippen molar-refractivity contribution >= 4 is 11.9 Å². The first-order valence-electron chi connectivity index (χ1n) is 7.52. The molecular formula is C15H27NO4. The molecular weight excluding hydrogens is 258 g/mol. The molecule has 2 atom stereocenters. The zero-order chi connectivity index (χ0) is 15.1. The van der Waals surface area contributed by atoms with E-state index in [9.17, 15) is 9.59 Å². The lowest BCUT2D eigenvalue weighted by atomic mass is 9.98. The van der Waals surface area contributed by atoms with E-state index in [4.69, 9.17) is 9.84 Å². The monoisotopic (exact) mass is 285 g/mol. The molecule has 0 aromatic rings. The van der Waals surface area contributed by atoms with Crippen molar-refractivity contribution in [3.63, 3.8) is 0 Å². The number of nitrogens with zero attached hydrogens (tertiary/aromatic N) is 1. The first-order chi connectivity index (χ1) is 9.40. The van der Waals surface area contributed by atoms with Crippen LogP contribution in [0.25, 0.3) is 0 Å². The Kier molecular flexibility index (Phi) is 6.99. The van der Waals surface area contributed by atoms with E-state index in [0.29, 0.717) is 38.5 Å². The lowest BCUT2D eigenvalue weighted by molar-refractivity contribution is -0.146. The van der Waals surface area contributed by atoms with Crippen LogP contribution in [-0.2, 0) is 14.3 Å². The third kappa shape index (κ3) is 5.90. The summed E-state index contributed by atoms with van der Waals surface area (Å²) >= 11 is 0. The molecule has 5 nitrogen and oxygen atoms in total. The fraction of sp³-hybridized carbons (Fsp3) is 0.867. The Labute approximate surface area is 121 Å². The van der Waals surface area contributed by atoms with Crippen LogP contribution < -0.4 is 0 Å². The Morgan fingerprint density at radius 3 is 2.65 bits per heavy atom. The number of piperidine rings is 1. The predicted molar refractivity (Wildman–Crippen MR) is 76.4 cm³/mol. The zero-order valence-electron chi connectivity index (χ0n) is 12.8. The molecule has 1 fully saturated rings. The first-order valence-corrected chi connectivity index (χ1v) is 7.52. The first kappa shape index (κ1) is 17.0. The van der Waals surface area contributed by atoms with Crippen molar-refractivity contribution in [2.45, 2.75) is 52.6 Å². The third-order valence-electron chi connectivity index (χ3n) is 3.64. The molecule has 0 radical (unpaired) electrons. The molecule has 1 heterocycles. The van der Waals surface area contributed by atoms with Crippen LogP contribution in [-0.4, -0.2) is 47.7 Å². The van der Waals surface area contributed by atoms with Crippen LogP contribution >= 0.6 is 0 Å². The lowest BCUT2D eigenvalue weighted by Crippen LogP contribution is -2.42. The second-order valence-electron chi connectivity index (χ2n) is 6.08. The molecule has 1 amide bonds. The van der Waals surface area contributed by atoms with Gasteiger partial charge in [-0.3, -0.25) is 9.59 Å². The topological polar surface area (TPSA) is 66.8 Å². The van der Waals surface area contributed by atoms with E-state index in [1.807, 2.05) is 6.92 Å². The molecule has 0 spiro atoms. The highest BCUT2D eigenvalue weighted by Crippen LogP contribution is 2.17. The molecule has 5 heteroatoms. The highest BCUT2D eigenvalue weighted by atomic mass is 16.5. The number of carbonyl (C=O) groups is 2. The molecule has 1 aliphatic rings. The van der Waals surface area contributed by atoms with Crippen molar-refractivity contribution in [3.8, 4) is 0 Å². The lowest BCUT2D eigenvalue weighted by Gasteiger charge is -2.30. The summed E-state index contributed by atoms with van der Waals surface area (Å²) in [6.45, 7) is 7.74. The average Bonchev–Trinajstić information content (AvgIpc) is 2.37. The van der Waals surface area contributed by atoms with Crippen LogP contribution in [0.2, 0.25) is 0 Å². The number of amides is 1. The van der Waals surface area contributed by atoms with Gasteiger partial charge in [-0.1, -0.05) is 13.8 Å². The van der Waals surface area contributed by atoms with Crippen LogP contribution in [0.5, 0.6) is 0 Å². The summed E-state index contributed by atoms with van der Waals surface area (Å²) in [4.78, 5) is 24.7. The Hall–Kier alpha value is -1.10. The van der Waals surface area contributed by atoms with Gasteiger partial charge in [0, 0.05) is 13.1 Å². The molecule has 1 N–H and O–H groups in total. The summed E-state index contributed by atoms with van der Waals surface area (Å²) in [5.74, 6) is -0.621. The number of ether oxygens (including phenoxy) is 1. The van der Waals surface area contributed by atoms with Gasteiger partial charge in [0.25, 0.3) is 0 Å². The van der Waals surface area contributed by atoms with Gasteiger partial charge in [0.15, 0.2) is 0 Å². The second-order valence-corrected chi connectivity index (χ2v) is 6.08. The van der Waals surface area contributed by atoms with Gasteiger partial charge in [-0.2, -0.15) is 0 Å². The van der Waals surface area contributed by atoms with Crippen LogP contribution in [0.3, 0.4) is 0 Å². The van der Waals surface area contributed by atoms with Gasteiger partial charge in [0.1, 0.15) is 0 Å². The quantitative estimate of drug-likeness (QED) is 0.778. The fourth-order valence-corrected chi connectivity index (χ4v) is 2.64. The molecule has 0 aromatic carbocycles. The van der Waals surface area contributed by atoms with Gasteiger partial charge in [-0.05, 0) is 32.1 Å². The molecule has 1 rings (SSSR count). The Morgan fingerprint density at radius 1 is 1.35 bits per heavy atom. The maximum atomic E-state index is 12.0. The maximum Gasteiger partial charge on any atom is 0.308 e. The zero-order valence-corrected chi connectivity index (χ0v) is 12.8. The summed E-state index contributed by atoms with van der Waals surface area (Å²) in [5.41, 5.74) is 0. The SMILES string of the molecule is CC(C)CC(C)OCCC(=O)N1CCCC(C(=O)O)C1. The molecule has 1 saturated heterocycles. The van der Waals surface area contributed by atoms with Crippen molar-refractivity contribution in [2.24, 2.45) is 11.8 Å². The van der Waals surface area contributed by atoms with E-state index in [1.54, 1.807) is 4.90 Å². The maximum absolute atomic E-state index is 12.0. The van der Waals surface area contributed by atoms with E-state index >= 15 is 0 Å². The van der Waals surface area contributed by atoms with Crippen molar-refractivity contribution in [1.82, 2.24) is 4.90 Å². The van der Waals surface area contributed by atoms with Gasteiger partial charge in [-0.15, -0.1) is 0 Å². The molecule has 116 valence electrons. The molecule has 0 saturated carbocycles. The number of aliphatic carboxylic acids is 1. The van der Waals surface area contributed by atoms with Crippen molar-refractivity contribution in [3.05, 3.63) is 0 Å². The molecule has 0 aromatic heterocycles. The molecule has 0 aliphatic carbocycles. The van der Waals surface area contributed by atoms with Crippen molar-refractivity contribution in [2.75, 3.05) is 19.7 Å². The summed E-state index contributed by atoms with van der Waals surface area (Å²) in [7, 11) is 0. The minimum atomic E-state index is -0.802. The van der Waals surface area contributed by atoms with Gasteiger partial charge in [0.05, 0.1) is 25.0 Å². The largest absolute Gasteiger partial charge is 0.481 e. The van der Waals surface area contributed by atoms with Gasteiger partial charge in [0.2, 0.25) is 5.91 Å². The molecule has 2 unspecified atom stereocenters. The number of hydrogen-bond acceptors (Lipinski definition) is 3. The van der Waals surface area contributed by atoms with E-state index in [0.717, 1.165) is 12.8 Å². The Bertz CT molecular complexity index is 330. The van der Waals surface area contributed by atoms with Crippen LogP contribution in [0.1, 0.15) is 46.5 Å². The second kappa shape index (κ2) is 8.25. The minimum absolute atomic E-state index is 0.00713. The van der Waals surface area contributed by atoms with Crippen LogP contribution in [0, 0.1) is 11.8 Å². The Morgan fingerprint density at radius 2 is 2.05 bits per heavy atom. The van der Waals surface area contributed by atoms with Gasteiger partial charge < -0.3 is 14.7 Å². The summed E-state index contributed by atoms with van der Waals surface area (Å²) in [6.07, 6.45) is 2.93. The minimum Gasteiger partial charge on any atom is -0.481 e. The van der Waals surface area contributed by atoms with Crippen LogP contribution in [0.4, 0.5) is 0 Å². The smallest absolute Gasteiger partial charge is 0.308 e. The number of carboxylic acids is 1. The normalized spacial score (nSPS) is 21.0.